The van der Waals surface area contributed by atoms with Crippen LogP contribution in [0.4, 0.5) is 6.01 Å². The molecule has 1 saturated heterocycles. The zero-order valence-corrected chi connectivity index (χ0v) is 9.56. The molecule has 0 bridgehead atoms. The number of carbonyl (C=O) groups is 1. The van der Waals surface area contributed by atoms with Gasteiger partial charge in [-0.15, -0.1) is 0 Å². The van der Waals surface area contributed by atoms with E-state index in [1.54, 1.807) is 18.2 Å². The van der Waals surface area contributed by atoms with E-state index >= 15 is 0 Å². The molecule has 1 aromatic heterocycles. The predicted octanol–water partition coefficient (Wildman–Crippen LogP) is 2.63. The van der Waals surface area contributed by atoms with Crippen LogP contribution in [0.3, 0.4) is 0 Å². The van der Waals surface area contributed by atoms with Gasteiger partial charge in [0.15, 0.2) is 5.58 Å². The van der Waals surface area contributed by atoms with Gasteiger partial charge in [-0.3, -0.25) is 4.79 Å². The average Bonchev–Trinajstić information content (AvgIpc) is 2.82. The maximum atomic E-state index is 10.7. The minimum absolute atomic E-state index is 0.635. The normalized spacial score (nSPS) is 16.4. The van der Waals surface area contributed by atoms with Crippen molar-refractivity contribution in [2.75, 3.05) is 18.0 Å². The standard InChI is InChI=1S/C13H14N2O2/c16-9-10-4-5-12-11(8-10)14-13(17-12)15-6-2-1-3-7-15/h4-5,8-9H,1-3,6-7H2. The fourth-order valence-corrected chi connectivity index (χ4v) is 2.23. The fraction of sp³-hybridized carbons (Fsp3) is 0.385. The molecule has 1 fully saturated rings. The molecule has 3 rings (SSSR count). The van der Waals surface area contributed by atoms with Crippen LogP contribution < -0.4 is 4.90 Å². The summed E-state index contributed by atoms with van der Waals surface area (Å²) < 4.78 is 5.71. The summed E-state index contributed by atoms with van der Waals surface area (Å²) >= 11 is 0. The third-order valence-electron chi connectivity index (χ3n) is 3.16. The maximum Gasteiger partial charge on any atom is 0.298 e. The third-order valence-corrected chi connectivity index (χ3v) is 3.16. The van der Waals surface area contributed by atoms with Crippen molar-refractivity contribution < 1.29 is 9.21 Å². The van der Waals surface area contributed by atoms with Gasteiger partial charge in [0.1, 0.15) is 11.8 Å². The SMILES string of the molecule is O=Cc1ccc2oc(N3CCCCC3)nc2c1. The topological polar surface area (TPSA) is 46.3 Å². The molecule has 0 atom stereocenters. The van der Waals surface area contributed by atoms with Crippen LogP contribution in [0.25, 0.3) is 11.1 Å². The molecule has 0 aliphatic carbocycles. The summed E-state index contributed by atoms with van der Waals surface area (Å²) in [5.74, 6) is 0. The molecule has 1 aliphatic heterocycles. The second-order valence-corrected chi connectivity index (χ2v) is 4.39. The number of benzene rings is 1. The first kappa shape index (κ1) is 10.3. The molecule has 0 amide bonds. The van der Waals surface area contributed by atoms with Gasteiger partial charge < -0.3 is 9.32 Å². The molecular weight excluding hydrogens is 216 g/mol. The van der Waals surface area contributed by atoms with Crippen LogP contribution in [0.1, 0.15) is 29.6 Å². The number of rotatable bonds is 2. The highest BCUT2D eigenvalue weighted by Gasteiger charge is 2.16. The minimum Gasteiger partial charge on any atom is -0.423 e. The Balaban J connectivity index is 1.97. The lowest BCUT2D eigenvalue weighted by molar-refractivity contribution is 0.112. The van der Waals surface area contributed by atoms with Crippen molar-refractivity contribution in [3.05, 3.63) is 23.8 Å². The van der Waals surface area contributed by atoms with E-state index < -0.39 is 0 Å². The number of piperidine rings is 1. The van der Waals surface area contributed by atoms with Crippen LogP contribution in [0, 0.1) is 0 Å². The number of carbonyl (C=O) groups excluding carboxylic acids is 1. The van der Waals surface area contributed by atoms with Gasteiger partial charge in [0, 0.05) is 18.7 Å². The molecule has 0 N–H and O–H groups in total. The van der Waals surface area contributed by atoms with Crippen molar-refractivity contribution in [1.82, 2.24) is 4.98 Å². The Kier molecular flexibility index (Phi) is 2.55. The Morgan fingerprint density at radius 1 is 1.24 bits per heavy atom. The van der Waals surface area contributed by atoms with E-state index in [0.717, 1.165) is 30.5 Å². The van der Waals surface area contributed by atoms with Gasteiger partial charge in [0.05, 0.1) is 0 Å². The van der Waals surface area contributed by atoms with Gasteiger partial charge in [0.2, 0.25) is 0 Å². The Labute approximate surface area is 99.2 Å². The fourth-order valence-electron chi connectivity index (χ4n) is 2.23. The molecule has 0 saturated carbocycles. The van der Waals surface area contributed by atoms with Crippen LogP contribution in [0.5, 0.6) is 0 Å². The molecule has 0 radical (unpaired) electrons. The first-order chi connectivity index (χ1) is 8.36. The summed E-state index contributed by atoms with van der Waals surface area (Å²) in [4.78, 5) is 17.3. The molecule has 1 aliphatic rings. The van der Waals surface area contributed by atoms with Crippen LogP contribution in [-0.4, -0.2) is 24.4 Å². The number of hydrogen-bond acceptors (Lipinski definition) is 4. The Morgan fingerprint density at radius 2 is 2.06 bits per heavy atom. The second kappa shape index (κ2) is 4.20. The zero-order chi connectivity index (χ0) is 11.7. The summed E-state index contributed by atoms with van der Waals surface area (Å²) in [5.41, 5.74) is 2.14. The third kappa shape index (κ3) is 1.90. The Bertz CT molecular complexity index is 541. The molecule has 4 heteroatoms. The lowest BCUT2D eigenvalue weighted by atomic mass is 10.1. The number of fused-ring (bicyclic) bond motifs is 1. The molecule has 0 spiro atoms. The zero-order valence-electron chi connectivity index (χ0n) is 9.56. The van der Waals surface area contributed by atoms with E-state index in [4.69, 9.17) is 4.42 Å². The summed E-state index contributed by atoms with van der Waals surface area (Å²) in [5, 5.41) is 0. The van der Waals surface area contributed by atoms with Crippen molar-refractivity contribution in [3.63, 3.8) is 0 Å². The maximum absolute atomic E-state index is 10.7. The van der Waals surface area contributed by atoms with Crippen LogP contribution >= 0.6 is 0 Å². The Hall–Kier alpha value is -1.84. The van der Waals surface area contributed by atoms with Crippen molar-refractivity contribution in [3.8, 4) is 0 Å². The summed E-state index contributed by atoms with van der Waals surface area (Å²) in [7, 11) is 0. The largest absolute Gasteiger partial charge is 0.423 e. The van der Waals surface area contributed by atoms with E-state index in [2.05, 4.69) is 9.88 Å². The van der Waals surface area contributed by atoms with Crippen molar-refractivity contribution in [2.24, 2.45) is 0 Å². The quantitative estimate of drug-likeness (QED) is 0.744. The van der Waals surface area contributed by atoms with E-state index in [0.29, 0.717) is 11.6 Å². The first-order valence-electron chi connectivity index (χ1n) is 5.97. The number of oxazole rings is 1. The van der Waals surface area contributed by atoms with Gasteiger partial charge in [-0.05, 0) is 37.5 Å². The summed E-state index contributed by atoms with van der Waals surface area (Å²) in [6, 6.07) is 6.00. The van der Waals surface area contributed by atoms with Gasteiger partial charge >= 0.3 is 0 Å². The van der Waals surface area contributed by atoms with Gasteiger partial charge in [-0.25, -0.2) is 0 Å². The van der Waals surface area contributed by atoms with Crippen LogP contribution in [-0.2, 0) is 0 Å². The van der Waals surface area contributed by atoms with Gasteiger partial charge in [-0.2, -0.15) is 4.98 Å². The monoisotopic (exact) mass is 230 g/mol. The molecule has 2 aromatic rings. The van der Waals surface area contributed by atoms with Crippen molar-refractivity contribution >= 4 is 23.4 Å². The molecule has 17 heavy (non-hydrogen) atoms. The Morgan fingerprint density at radius 3 is 2.82 bits per heavy atom. The van der Waals surface area contributed by atoms with Crippen molar-refractivity contribution in [2.45, 2.75) is 19.3 Å². The van der Waals surface area contributed by atoms with E-state index in [1.165, 1.54) is 19.3 Å². The summed E-state index contributed by atoms with van der Waals surface area (Å²) in [6.07, 6.45) is 4.50. The average molecular weight is 230 g/mol. The second-order valence-electron chi connectivity index (χ2n) is 4.39. The number of aldehydes is 1. The van der Waals surface area contributed by atoms with Gasteiger partial charge in [0.25, 0.3) is 6.01 Å². The highest BCUT2D eigenvalue weighted by atomic mass is 16.4. The molecule has 4 nitrogen and oxygen atoms in total. The number of anilines is 1. The number of nitrogens with zero attached hydrogens (tertiary/aromatic N) is 2. The first-order valence-corrected chi connectivity index (χ1v) is 5.97. The smallest absolute Gasteiger partial charge is 0.298 e. The molecule has 1 aromatic carbocycles. The highest BCUT2D eigenvalue weighted by molar-refractivity contribution is 5.84. The molecule has 0 unspecified atom stereocenters. The number of aromatic nitrogens is 1. The van der Waals surface area contributed by atoms with E-state index in [1.807, 2.05) is 0 Å². The molecular formula is C13H14N2O2. The predicted molar refractivity (Wildman–Crippen MR) is 65.5 cm³/mol. The molecule has 88 valence electrons. The lowest BCUT2D eigenvalue weighted by Crippen LogP contribution is -2.29. The summed E-state index contributed by atoms with van der Waals surface area (Å²) in [6.45, 7) is 2.01. The lowest BCUT2D eigenvalue weighted by Gasteiger charge is -2.24. The van der Waals surface area contributed by atoms with E-state index in [-0.39, 0.29) is 0 Å². The molecule has 2 heterocycles. The van der Waals surface area contributed by atoms with Crippen LogP contribution in [0.2, 0.25) is 0 Å². The van der Waals surface area contributed by atoms with Crippen LogP contribution in [0.15, 0.2) is 22.6 Å². The van der Waals surface area contributed by atoms with Gasteiger partial charge in [-0.1, -0.05) is 0 Å². The minimum atomic E-state index is 0.635. The highest BCUT2D eigenvalue weighted by Crippen LogP contribution is 2.24. The number of hydrogen-bond donors (Lipinski definition) is 0. The van der Waals surface area contributed by atoms with Crippen molar-refractivity contribution in [1.29, 1.82) is 0 Å². The van der Waals surface area contributed by atoms with E-state index in [9.17, 15) is 4.79 Å².